The van der Waals surface area contributed by atoms with Gasteiger partial charge in [-0.3, -0.25) is 14.3 Å². The summed E-state index contributed by atoms with van der Waals surface area (Å²) in [5, 5.41) is 8.14. The molecule has 7 nitrogen and oxygen atoms in total. The summed E-state index contributed by atoms with van der Waals surface area (Å²) >= 11 is 0. The van der Waals surface area contributed by atoms with Crippen molar-refractivity contribution >= 4 is 11.9 Å². The lowest BCUT2D eigenvalue weighted by Crippen LogP contribution is -2.38. The summed E-state index contributed by atoms with van der Waals surface area (Å²) in [4.78, 5) is 26.5. The molecule has 2 aliphatic rings. The van der Waals surface area contributed by atoms with Gasteiger partial charge in [-0.25, -0.2) is 0 Å². The Morgan fingerprint density at radius 3 is 2.70 bits per heavy atom. The van der Waals surface area contributed by atoms with Gasteiger partial charge in [0, 0.05) is 43.5 Å². The molecule has 7 heteroatoms. The molecule has 0 bridgehead atoms. The summed E-state index contributed by atoms with van der Waals surface area (Å²) in [5.74, 6) is -0.0772. The summed E-state index contributed by atoms with van der Waals surface area (Å²) in [6, 6.07) is 0.273. The Kier molecular flexibility index (Phi) is 6.88. The minimum absolute atomic E-state index is 0.0883. The highest BCUT2D eigenvalue weighted by atomic mass is 16.5. The number of aromatic nitrogens is 2. The van der Waals surface area contributed by atoms with E-state index in [1.807, 2.05) is 16.5 Å². The Labute approximate surface area is 161 Å². The molecule has 1 saturated heterocycles. The van der Waals surface area contributed by atoms with Crippen molar-refractivity contribution < 1.29 is 14.3 Å². The molecule has 1 atom stereocenters. The molecule has 1 amide bonds. The fraction of sp³-hybridized carbons (Fsp3) is 0.750. The van der Waals surface area contributed by atoms with Crippen molar-refractivity contribution in [2.45, 2.75) is 71.4 Å². The molecular formula is C20H32N4O3. The molecular weight excluding hydrogens is 344 g/mol. The third-order valence-corrected chi connectivity index (χ3v) is 5.56. The maximum absolute atomic E-state index is 13.1. The molecule has 0 saturated carbocycles. The average Bonchev–Trinajstić information content (AvgIpc) is 3.06. The number of aryl methyl sites for hydroxylation is 1. The maximum atomic E-state index is 13.1. The molecule has 1 fully saturated rings. The SMILES string of the molecule is CCOC(=O)CCNC1CCc2c(c(C(=O)N3CCCCC3)nn2CC)C1. The first-order valence-electron chi connectivity index (χ1n) is 10.4. The molecule has 150 valence electrons. The first-order valence-corrected chi connectivity index (χ1v) is 10.4. The second-order valence-electron chi connectivity index (χ2n) is 7.39. The number of piperidine rings is 1. The zero-order chi connectivity index (χ0) is 19.2. The van der Waals surface area contributed by atoms with Crippen LogP contribution in [0.25, 0.3) is 0 Å². The molecule has 2 heterocycles. The largest absolute Gasteiger partial charge is 0.466 e. The standard InChI is InChI=1S/C20H32N4O3/c1-3-24-17-9-8-15(21-11-10-18(25)27-4-2)14-16(17)19(22-24)20(26)23-12-6-5-7-13-23/h15,21H,3-14H2,1-2H3. The first-order chi connectivity index (χ1) is 13.1. The molecule has 0 aromatic carbocycles. The lowest BCUT2D eigenvalue weighted by atomic mass is 9.91. The van der Waals surface area contributed by atoms with Gasteiger partial charge in [0.25, 0.3) is 5.91 Å². The number of likely N-dealkylation sites (tertiary alicyclic amines) is 1. The van der Waals surface area contributed by atoms with Gasteiger partial charge in [-0.15, -0.1) is 0 Å². The lowest BCUT2D eigenvalue weighted by molar-refractivity contribution is -0.143. The van der Waals surface area contributed by atoms with E-state index in [9.17, 15) is 9.59 Å². The summed E-state index contributed by atoms with van der Waals surface area (Å²) in [6.07, 6.45) is 6.47. The van der Waals surface area contributed by atoms with E-state index in [1.165, 1.54) is 12.1 Å². The number of hydrogen-bond acceptors (Lipinski definition) is 5. The minimum atomic E-state index is -0.165. The number of nitrogens with one attached hydrogen (secondary N) is 1. The van der Waals surface area contributed by atoms with Gasteiger partial charge in [0.1, 0.15) is 0 Å². The molecule has 1 N–H and O–H groups in total. The van der Waals surface area contributed by atoms with Gasteiger partial charge < -0.3 is 15.0 Å². The summed E-state index contributed by atoms with van der Waals surface area (Å²) in [5.41, 5.74) is 2.96. The van der Waals surface area contributed by atoms with Crippen molar-refractivity contribution in [2.24, 2.45) is 0 Å². The first kappa shape index (κ1) is 19.9. The van der Waals surface area contributed by atoms with Gasteiger partial charge in [0.15, 0.2) is 5.69 Å². The number of hydrogen-bond donors (Lipinski definition) is 1. The normalized spacial score (nSPS) is 19.6. The van der Waals surface area contributed by atoms with E-state index in [0.717, 1.165) is 57.3 Å². The average molecular weight is 377 g/mol. The van der Waals surface area contributed by atoms with Crippen LogP contribution >= 0.6 is 0 Å². The molecule has 3 rings (SSSR count). The molecule has 1 unspecified atom stereocenters. The van der Waals surface area contributed by atoms with Crippen LogP contribution in [0.3, 0.4) is 0 Å². The second-order valence-corrected chi connectivity index (χ2v) is 7.39. The van der Waals surface area contributed by atoms with E-state index in [-0.39, 0.29) is 17.9 Å². The third kappa shape index (κ3) is 4.69. The number of fused-ring (bicyclic) bond motifs is 1. The fourth-order valence-corrected chi connectivity index (χ4v) is 4.15. The van der Waals surface area contributed by atoms with E-state index in [2.05, 4.69) is 17.3 Å². The van der Waals surface area contributed by atoms with Crippen LogP contribution in [0.15, 0.2) is 0 Å². The number of amides is 1. The van der Waals surface area contributed by atoms with E-state index in [0.29, 0.717) is 25.3 Å². The van der Waals surface area contributed by atoms with Gasteiger partial charge in [0.05, 0.1) is 13.0 Å². The fourth-order valence-electron chi connectivity index (χ4n) is 4.15. The highest BCUT2D eigenvalue weighted by molar-refractivity contribution is 5.94. The third-order valence-electron chi connectivity index (χ3n) is 5.56. The van der Waals surface area contributed by atoms with Crippen LogP contribution in [-0.4, -0.2) is 58.8 Å². The Balaban J connectivity index is 1.67. The number of nitrogens with zero attached hydrogens (tertiary/aromatic N) is 3. The van der Waals surface area contributed by atoms with Crippen LogP contribution in [0.5, 0.6) is 0 Å². The Hall–Kier alpha value is -1.89. The Morgan fingerprint density at radius 2 is 2.00 bits per heavy atom. The summed E-state index contributed by atoms with van der Waals surface area (Å²) < 4.78 is 6.98. The van der Waals surface area contributed by atoms with Crippen LogP contribution < -0.4 is 5.32 Å². The molecule has 1 aliphatic heterocycles. The van der Waals surface area contributed by atoms with Gasteiger partial charge in [-0.1, -0.05) is 0 Å². The molecule has 27 heavy (non-hydrogen) atoms. The Morgan fingerprint density at radius 1 is 1.22 bits per heavy atom. The van der Waals surface area contributed by atoms with Crippen molar-refractivity contribution in [1.29, 1.82) is 0 Å². The van der Waals surface area contributed by atoms with Crippen LogP contribution in [0, 0.1) is 0 Å². The lowest BCUT2D eigenvalue weighted by Gasteiger charge is -2.27. The van der Waals surface area contributed by atoms with E-state index in [4.69, 9.17) is 4.74 Å². The summed E-state index contributed by atoms with van der Waals surface area (Å²) in [7, 11) is 0. The Bertz CT molecular complexity index is 664. The quantitative estimate of drug-likeness (QED) is 0.736. The van der Waals surface area contributed by atoms with E-state index >= 15 is 0 Å². The topological polar surface area (TPSA) is 76.5 Å². The van der Waals surface area contributed by atoms with Crippen molar-refractivity contribution in [3.05, 3.63) is 17.0 Å². The predicted molar refractivity (Wildman–Crippen MR) is 103 cm³/mol. The van der Waals surface area contributed by atoms with Crippen molar-refractivity contribution in [2.75, 3.05) is 26.2 Å². The van der Waals surface area contributed by atoms with Gasteiger partial charge in [0.2, 0.25) is 0 Å². The number of ether oxygens (including phenoxy) is 1. The van der Waals surface area contributed by atoms with E-state index in [1.54, 1.807) is 0 Å². The predicted octanol–water partition coefficient (Wildman–Crippen LogP) is 1.93. The number of esters is 1. The van der Waals surface area contributed by atoms with Crippen LogP contribution in [0.1, 0.15) is 67.7 Å². The minimum Gasteiger partial charge on any atom is -0.466 e. The van der Waals surface area contributed by atoms with Gasteiger partial charge in [-0.2, -0.15) is 5.10 Å². The van der Waals surface area contributed by atoms with Gasteiger partial charge >= 0.3 is 5.97 Å². The maximum Gasteiger partial charge on any atom is 0.307 e. The zero-order valence-corrected chi connectivity index (χ0v) is 16.6. The van der Waals surface area contributed by atoms with Crippen molar-refractivity contribution in [3.63, 3.8) is 0 Å². The highest BCUT2D eigenvalue weighted by Gasteiger charge is 2.31. The smallest absolute Gasteiger partial charge is 0.307 e. The van der Waals surface area contributed by atoms with Crippen molar-refractivity contribution in [1.82, 2.24) is 20.0 Å². The number of rotatable bonds is 7. The zero-order valence-electron chi connectivity index (χ0n) is 16.6. The molecule has 1 aromatic heterocycles. The second kappa shape index (κ2) is 9.35. The highest BCUT2D eigenvalue weighted by Crippen LogP contribution is 2.26. The van der Waals surface area contributed by atoms with E-state index < -0.39 is 0 Å². The molecule has 0 radical (unpaired) electrons. The molecule has 1 aromatic rings. The number of carbonyl (C=O) groups excluding carboxylic acids is 2. The van der Waals surface area contributed by atoms with Crippen LogP contribution in [0.4, 0.5) is 0 Å². The van der Waals surface area contributed by atoms with Crippen LogP contribution in [-0.2, 0) is 28.9 Å². The number of carbonyl (C=O) groups is 2. The molecule has 0 spiro atoms. The van der Waals surface area contributed by atoms with Crippen molar-refractivity contribution in [3.8, 4) is 0 Å². The molecule has 1 aliphatic carbocycles. The van der Waals surface area contributed by atoms with Crippen LogP contribution in [0.2, 0.25) is 0 Å². The monoisotopic (exact) mass is 376 g/mol. The summed E-state index contributed by atoms with van der Waals surface area (Å²) in [6.45, 7) is 7.39. The van der Waals surface area contributed by atoms with Gasteiger partial charge in [-0.05, 0) is 52.4 Å².